The number of carbonyl (C=O) groups is 1. The summed E-state index contributed by atoms with van der Waals surface area (Å²) in [7, 11) is 0. The molecule has 0 fully saturated rings. The minimum Gasteiger partial charge on any atom is -0.493 e. The van der Waals surface area contributed by atoms with Crippen LogP contribution in [0.3, 0.4) is 0 Å². The van der Waals surface area contributed by atoms with Gasteiger partial charge in [0.1, 0.15) is 5.75 Å². The minimum absolute atomic E-state index is 0.142. The van der Waals surface area contributed by atoms with Crippen LogP contribution in [-0.2, 0) is 6.42 Å². The third kappa shape index (κ3) is 2.01. The zero-order valence-electron chi connectivity index (χ0n) is 11.1. The zero-order chi connectivity index (χ0) is 14.4. The molecule has 1 aliphatic heterocycles. The largest absolute Gasteiger partial charge is 0.493 e. The standard InChI is InChI=1S/C17H11ClO3/c18-13-3-1-2-12-9-15(21-17(12)13)16(19)11-4-5-14-10(8-11)6-7-20-14/h1-5,8-9H,6-7H2. The maximum absolute atomic E-state index is 12.5. The lowest BCUT2D eigenvalue weighted by atomic mass is 10.0. The lowest BCUT2D eigenvalue weighted by molar-refractivity contribution is 0.101. The summed E-state index contributed by atoms with van der Waals surface area (Å²) < 4.78 is 11.1. The fourth-order valence-corrected chi connectivity index (χ4v) is 2.83. The van der Waals surface area contributed by atoms with Gasteiger partial charge in [-0.15, -0.1) is 0 Å². The molecule has 4 heteroatoms. The number of ketones is 1. The van der Waals surface area contributed by atoms with Crippen molar-refractivity contribution in [3.63, 3.8) is 0 Å². The third-order valence-corrected chi connectivity index (χ3v) is 3.97. The third-order valence-electron chi connectivity index (χ3n) is 3.67. The molecule has 0 bridgehead atoms. The number of para-hydroxylation sites is 1. The molecule has 2 aromatic carbocycles. The van der Waals surface area contributed by atoms with Crippen molar-refractivity contribution < 1.29 is 13.9 Å². The average Bonchev–Trinajstić information content (AvgIpc) is 3.12. The summed E-state index contributed by atoms with van der Waals surface area (Å²) in [6.07, 6.45) is 0.836. The van der Waals surface area contributed by atoms with Gasteiger partial charge in [-0.05, 0) is 35.9 Å². The molecular weight excluding hydrogens is 288 g/mol. The highest BCUT2D eigenvalue weighted by Gasteiger charge is 2.19. The fraction of sp³-hybridized carbons (Fsp3) is 0.118. The molecule has 2 heterocycles. The van der Waals surface area contributed by atoms with E-state index in [0.717, 1.165) is 23.1 Å². The van der Waals surface area contributed by atoms with Gasteiger partial charge in [-0.3, -0.25) is 4.79 Å². The molecular formula is C17H11ClO3. The van der Waals surface area contributed by atoms with E-state index in [1.165, 1.54) is 0 Å². The Bertz CT molecular complexity index is 864. The smallest absolute Gasteiger partial charge is 0.228 e. The molecule has 0 unspecified atom stereocenters. The van der Waals surface area contributed by atoms with Gasteiger partial charge in [-0.25, -0.2) is 0 Å². The van der Waals surface area contributed by atoms with Crippen molar-refractivity contribution in [1.29, 1.82) is 0 Å². The summed E-state index contributed by atoms with van der Waals surface area (Å²) in [6.45, 7) is 0.674. The summed E-state index contributed by atoms with van der Waals surface area (Å²) in [4.78, 5) is 12.5. The normalized spacial score (nSPS) is 13.2. The van der Waals surface area contributed by atoms with E-state index < -0.39 is 0 Å². The molecule has 0 atom stereocenters. The van der Waals surface area contributed by atoms with E-state index in [4.69, 9.17) is 20.8 Å². The van der Waals surface area contributed by atoms with Crippen LogP contribution >= 0.6 is 11.6 Å². The van der Waals surface area contributed by atoms with Crippen molar-refractivity contribution in [3.05, 3.63) is 64.4 Å². The van der Waals surface area contributed by atoms with E-state index in [1.807, 2.05) is 24.3 Å². The molecule has 0 N–H and O–H groups in total. The van der Waals surface area contributed by atoms with Crippen LogP contribution < -0.4 is 4.74 Å². The molecule has 1 aliphatic rings. The quantitative estimate of drug-likeness (QED) is 0.664. The van der Waals surface area contributed by atoms with Crippen molar-refractivity contribution >= 4 is 28.4 Å². The molecule has 3 aromatic rings. The first kappa shape index (κ1) is 12.5. The first-order valence-corrected chi connectivity index (χ1v) is 7.09. The molecule has 21 heavy (non-hydrogen) atoms. The van der Waals surface area contributed by atoms with Gasteiger partial charge >= 0.3 is 0 Å². The van der Waals surface area contributed by atoms with Gasteiger partial charge in [0.2, 0.25) is 5.78 Å². The second-order valence-corrected chi connectivity index (χ2v) is 5.43. The van der Waals surface area contributed by atoms with Crippen LogP contribution in [0.4, 0.5) is 0 Å². The number of hydrogen-bond acceptors (Lipinski definition) is 3. The SMILES string of the molecule is O=C(c1ccc2c(c1)CCO2)c1cc2cccc(Cl)c2o1. The number of ether oxygens (including phenoxy) is 1. The lowest BCUT2D eigenvalue weighted by Gasteiger charge is -2.01. The van der Waals surface area contributed by atoms with Crippen LogP contribution in [0.15, 0.2) is 46.9 Å². The Morgan fingerprint density at radius 1 is 1.14 bits per heavy atom. The number of furan rings is 1. The summed E-state index contributed by atoms with van der Waals surface area (Å²) in [5, 5.41) is 1.34. The highest BCUT2D eigenvalue weighted by molar-refractivity contribution is 6.35. The number of hydrogen-bond donors (Lipinski definition) is 0. The van der Waals surface area contributed by atoms with Crippen molar-refractivity contribution in [2.45, 2.75) is 6.42 Å². The van der Waals surface area contributed by atoms with Crippen LogP contribution in [0, 0.1) is 0 Å². The first-order valence-electron chi connectivity index (χ1n) is 6.71. The number of halogens is 1. The maximum atomic E-state index is 12.5. The average molecular weight is 299 g/mol. The van der Waals surface area contributed by atoms with Gasteiger partial charge < -0.3 is 9.15 Å². The highest BCUT2D eigenvalue weighted by atomic mass is 35.5. The summed E-state index contributed by atoms with van der Waals surface area (Å²) in [5.74, 6) is 1.02. The summed E-state index contributed by atoms with van der Waals surface area (Å²) >= 11 is 6.08. The van der Waals surface area contributed by atoms with Gasteiger partial charge in [-0.1, -0.05) is 23.7 Å². The Labute approximate surface area is 126 Å². The Hall–Kier alpha value is -2.26. The van der Waals surface area contributed by atoms with Crippen LogP contribution in [0.5, 0.6) is 5.75 Å². The van der Waals surface area contributed by atoms with Crippen molar-refractivity contribution in [1.82, 2.24) is 0 Å². The van der Waals surface area contributed by atoms with Crippen LogP contribution in [-0.4, -0.2) is 12.4 Å². The maximum Gasteiger partial charge on any atom is 0.228 e. The Morgan fingerprint density at radius 2 is 2.05 bits per heavy atom. The van der Waals surface area contributed by atoms with Crippen LogP contribution in [0.25, 0.3) is 11.0 Å². The second-order valence-electron chi connectivity index (χ2n) is 5.02. The van der Waals surface area contributed by atoms with E-state index in [-0.39, 0.29) is 5.78 Å². The second kappa shape index (κ2) is 4.64. The summed E-state index contributed by atoms with van der Waals surface area (Å²) in [5.41, 5.74) is 2.22. The summed E-state index contributed by atoms with van der Waals surface area (Å²) in [6, 6.07) is 12.7. The molecule has 104 valence electrons. The molecule has 0 radical (unpaired) electrons. The molecule has 0 saturated carbocycles. The fourth-order valence-electron chi connectivity index (χ4n) is 2.61. The Kier molecular flexibility index (Phi) is 2.76. The van der Waals surface area contributed by atoms with Crippen LogP contribution in [0.2, 0.25) is 5.02 Å². The molecule has 0 amide bonds. The van der Waals surface area contributed by atoms with Gasteiger partial charge in [-0.2, -0.15) is 0 Å². The number of fused-ring (bicyclic) bond motifs is 2. The predicted octanol–water partition coefficient (Wildman–Crippen LogP) is 4.25. The topological polar surface area (TPSA) is 39.4 Å². The zero-order valence-corrected chi connectivity index (χ0v) is 11.8. The van der Waals surface area contributed by atoms with E-state index >= 15 is 0 Å². The van der Waals surface area contributed by atoms with Gasteiger partial charge in [0.25, 0.3) is 0 Å². The van der Waals surface area contributed by atoms with E-state index in [1.54, 1.807) is 18.2 Å². The van der Waals surface area contributed by atoms with E-state index in [9.17, 15) is 4.79 Å². The van der Waals surface area contributed by atoms with Gasteiger partial charge in [0.15, 0.2) is 11.3 Å². The van der Waals surface area contributed by atoms with Gasteiger partial charge in [0.05, 0.1) is 11.6 Å². The van der Waals surface area contributed by atoms with Crippen molar-refractivity contribution in [3.8, 4) is 5.75 Å². The van der Waals surface area contributed by atoms with Crippen molar-refractivity contribution in [2.24, 2.45) is 0 Å². The van der Waals surface area contributed by atoms with Gasteiger partial charge in [0, 0.05) is 17.4 Å². The van der Waals surface area contributed by atoms with E-state index in [2.05, 4.69) is 0 Å². The molecule has 0 aliphatic carbocycles. The molecule has 0 spiro atoms. The molecule has 4 rings (SSSR count). The Balaban J connectivity index is 1.77. The Morgan fingerprint density at radius 3 is 2.90 bits per heavy atom. The van der Waals surface area contributed by atoms with E-state index in [0.29, 0.717) is 28.5 Å². The molecule has 0 saturated heterocycles. The predicted molar refractivity (Wildman–Crippen MR) is 80.3 cm³/mol. The molecule has 1 aromatic heterocycles. The first-order chi connectivity index (χ1) is 10.2. The highest BCUT2D eigenvalue weighted by Crippen LogP contribution is 2.30. The monoisotopic (exact) mass is 298 g/mol. The minimum atomic E-state index is -0.142. The number of carbonyl (C=O) groups excluding carboxylic acids is 1. The number of rotatable bonds is 2. The molecule has 3 nitrogen and oxygen atoms in total. The van der Waals surface area contributed by atoms with Crippen LogP contribution in [0.1, 0.15) is 21.7 Å². The van der Waals surface area contributed by atoms with Crippen molar-refractivity contribution in [2.75, 3.05) is 6.61 Å². The number of benzene rings is 2. The lowest BCUT2D eigenvalue weighted by Crippen LogP contribution is -1.99.